The zero-order chi connectivity index (χ0) is 22.5. The van der Waals surface area contributed by atoms with E-state index in [1.165, 1.54) is 0 Å². The van der Waals surface area contributed by atoms with Crippen molar-refractivity contribution in [2.24, 2.45) is 7.05 Å². The minimum absolute atomic E-state index is 0.171. The SMILES string of the molecule is Cn1cc(C2=C(c3cccc(OC[C@@H]4COC(C)(C)O4)c3)C(=O)NC2=O)c2ccccc21. The largest absolute Gasteiger partial charge is 0.491 e. The molecule has 1 fully saturated rings. The summed E-state index contributed by atoms with van der Waals surface area (Å²) in [6.07, 6.45) is 1.72. The summed E-state index contributed by atoms with van der Waals surface area (Å²) in [7, 11) is 1.92. The lowest BCUT2D eigenvalue weighted by atomic mass is 9.96. The fourth-order valence-electron chi connectivity index (χ4n) is 4.30. The second-order valence-corrected chi connectivity index (χ2v) is 8.49. The van der Waals surface area contributed by atoms with E-state index in [4.69, 9.17) is 14.2 Å². The van der Waals surface area contributed by atoms with E-state index in [1.807, 2.05) is 74.1 Å². The molecule has 0 radical (unpaired) electrons. The lowest BCUT2D eigenvalue weighted by Gasteiger charge is -2.17. The van der Waals surface area contributed by atoms with E-state index in [-0.39, 0.29) is 6.10 Å². The lowest BCUT2D eigenvalue weighted by Crippen LogP contribution is -2.25. The summed E-state index contributed by atoms with van der Waals surface area (Å²) in [6.45, 7) is 4.52. The summed E-state index contributed by atoms with van der Waals surface area (Å²) in [6, 6.07) is 15.0. The minimum Gasteiger partial charge on any atom is -0.491 e. The fourth-order valence-corrected chi connectivity index (χ4v) is 4.30. The predicted molar refractivity (Wildman–Crippen MR) is 120 cm³/mol. The fraction of sp³-hybridized carbons (Fsp3) is 0.280. The maximum absolute atomic E-state index is 12.8. The highest BCUT2D eigenvalue weighted by Crippen LogP contribution is 2.36. The zero-order valence-corrected chi connectivity index (χ0v) is 18.2. The zero-order valence-electron chi connectivity index (χ0n) is 18.2. The second-order valence-electron chi connectivity index (χ2n) is 8.49. The third-order valence-electron chi connectivity index (χ3n) is 5.72. The third-order valence-corrected chi connectivity index (χ3v) is 5.72. The molecule has 3 aromatic rings. The average Bonchev–Trinajstić information content (AvgIpc) is 3.39. The Morgan fingerprint density at radius 2 is 1.88 bits per heavy atom. The van der Waals surface area contributed by atoms with Crippen LogP contribution in [0.3, 0.4) is 0 Å². The quantitative estimate of drug-likeness (QED) is 0.626. The van der Waals surface area contributed by atoms with Gasteiger partial charge in [0.25, 0.3) is 11.8 Å². The predicted octanol–water partition coefficient (Wildman–Crippen LogP) is 3.28. The van der Waals surface area contributed by atoms with Crippen molar-refractivity contribution in [1.29, 1.82) is 0 Å². The van der Waals surface area contributed by atoms with Crippen LogP contribution in [-0.4, -0.2) is 41.5 Å². The molecule has 2 aliphatic rings. The van der Waals surface area contributed by atoms with E-state index >= 15 is 0 Å². The molecular formula is C25H24N2O5. The number of rotatable bonds is 5. The highest BCUT2D eigenvalue weighted by atomic mass is 16.7. The Morgan fingerprint density at radius 3 is 2.66 bits per heavy atom. The first-order valence-corrected chi connectivity index (χ1v) is 10.5. The number of nitrogens with zero attached hydrogens (tertiary/aromatic N) is 1. The number of hydrogen-bond acceptors (Lipinski definition) is 5. The Morgan fingerprint density at radius 1 is 1.09 bits per heavy atom. The normalized spacial score (nSPS) is 20.3. The first-order valence-electron chi connectivity index (χ1n) is 10.5. The molecule has 0 spiro atoms. The molecule has 2 aromatic carbocycles. The first kappa shape index (κ1) is 20.5. The Labute approximate surface area is 185 Å². The highest BCUT2D eigenvalue weighted by molar-refractivity contribution is 6.50. The van der Waals surface area contributed by atoms with Crippen LogP contribution in [0.15, 0.2) is 54.7 Å². The van der Waals surface area contributed by atoms with Crippen LogP contribution in [0, 0.1) is 0 Å². The Bertz CT molecular complexity index is 1270. The van der Waals surface area contributed by atoms with E-state index < -0.39 is 17.6 Å². The summed E-state index contributed by atoms with van der Waals surface area (Å²) < 4.78 is 19.2. The molecule has 0 aliphatic carbocycles. The molecule has 0 bridgehead atoms. The first-order chi connectivity index (χ1) is 15.3. The van der Waals surface area contributed by atoms with Crippen LogP contribution in [0.1, 0.15) is 25.0 Å². The number of para-hydroxylation sites is 1. The third kappa shape index (κ3) is 3.59. The maximum atomic E-state index is 12.8. The highest BCUT2D eigenvalue weighted by Gasteiger charge is 2.35. The van der Waals surface area contributed by atoms with Crippen molar-refractivity contribution in [2.75, 3.05) is 13.2 Å². The Balaban J connectivity index is 1.51. The van der Waals surface area contributed by atoms with Crippen LogP contribution in [-0.2, 0) is 26.1 Å². The van der Waals surface area contributed by atoms with Crippen LogP contribution < -0.4 is 10.1 Å². The van der Waals surface area contributed by atoms with Gasteiger partial charge in [-0.25, -0.2) is 0 Å². The molecule has 32 heavy (non-hydrogen) atoms. The van der Waals surface area contributed by atoms with Crippen molar-refractivity contribution in [3.8, 4) is 5.75 Å². The van der Waals surface area contributed by atoms with Crippen molar-refractivity contribution in [1.82, 2.24) is 9.88 Å². The minimum atomic E-state index is -0.615. The van der Waals surface area contributed by atoms with Crippen LogP contribution >= 0.6 is 0 Å². The van der Waals surface area contributed by atoms with Gasteiger partial charge >= 0.3 is 0 Å². The number of imide groups is 1. The van der Waals surface area contributed by atoms with E-state index in [1.54, 1.807) is 6.07 Å². The summed E-state index contributed by atoms with van der Waals surface area (Å²) in [5.74, 6) is -0.834. The standard InChI is InChI=1S/C25H24N2O5/c1-25(2)31-14-17(32-25)13-30-16-8-6-7-15(11-16)21-22(24(29)26-23(21)28)19-12-27(3)20-10-5-4-9-18(19)20/h4-12,17H,13-14H2,1-3H3,(H,26,28,29)/t17-/m1/s1. The Kier molecular flexibility index (Phi) is 4.87. The van der Waals surface area contributed by atoms with E-state index in [0.29, 0.717) is 35.7 Å². The number of benzene rings is 2. The van der Waals surface area contributed by atoms with Crippen molar-refractivity contribution < 1.29 is 23.8 Å². The van der Waals surface area contributed by atoms with Gasteiger partial charge in [-0.15, -0.1) is 0 Å². The van der Waals surface area contributed by atoms with Crippen LogP contribution in [0.5, 0.6) is 5.75 Å². The van der Waals surface area contributed by atoms with Crippen molar-refractivity contribution in [3.05, 3.63) is 65.9 Å². The number of fused-ring (bicyclic) bond motifs is 1. The smallest absolute Gasteiger partial charge is 0.259 e. The molecular weight excluding hydrogens is 408 g/mol. The topological polar surface area (TPSA) is 78.8 Å². The lowest BCUT2D eigenvalue weighted by molar-refractivity contribution is -0.141. The van der Waals surface area contributed by atoms with Crippen LogP contribution in [0.4, 0.5) is 0 Å². The number of carbonyl (C=O) groups is 2. The van der Waals surface area contributed by atoms with Gasteiger partial charge in [0.1, 0.15) is 18.5 Å². The molecule has 3 heterocycles. The number of amides is 2. The van der Waals surface area contributed by atoms with Gasteiger partial charge in [-0.05, 0) is 37.6 Å². The molecule has 1 atom stereocenters. The van der Waals surface area contributed by atoms with Crippen molar-refractivity contribution in [3.63, 3.8) is 0 Å². The summed E-state index contributed by atoms with van der Waals surface area (Å²) >= 11 is 0. The number of carbonyl (C=O) groups excluding carboxylic acids is 2. The molecule has 164 valence electrons. The Hall–Kier alpha value is -3.42. The molecule has 2 aliphatic heterocycles. The summed E-state index contributed by atoms with van der Waals surface area (Å²) in [5, 5.41) is 3.37. The number of hydrogen-bond donors (Lipinski definition) is 1. The average molecular weight is 432 g/mol. The molecule has 0 unspecified atom stereocenters. The molecule has 7 nitrogen and oxygen atoms in total. The van der Waals surface area contributed by atoms with Gasteiger partial charge in [0, 0.05) is 29.7 Å². The summed E-state index contributed by atoms with van der Waals surface area (Å²) in [5.41, 5.74) is 3.06. The molecule has 1 aromatic heterocycles. The number of nitrogens with one attached hydrogen (secondary N) is 1. The van der Waals surface area contributed by atoms with Gasteiger partial charge in [0.15, 0.2) is 5.79 Å². The second kappa shape index (κ2) is 7.62. The molecule has 1 saturated heterocycles. The molecule has 0 saturated carbocycles. The van der Waals surface area contributed by atoms with Gasteiger partial charge in [-0.2, -0.15) is 0 Å². The van der Waals surface area contributed by atoms with E-state index in [9.17, 15) is 9.59 Å². The van der Waals surface area contributed by atoms with Gasteiger partial charge in [0.2, 0.25) is 0 Å². The van der Waals surface area contributed by atoms with Crippen LogP contribution in [0.25, 0.3) is 22.0 Å². The van der Waals surface area contributed by atoms with Crippen molar-refractivity contribution in [2.45, 2.75) is 25.7 Å². The number of aromatic nitrogens is 1. The van der Waals surface area contributed by atoms with E-state index in [0.717, 1.165) is 16.5 Å². The number of ether oxygens (including phenoxy) is 3. The maximum Gasteiger partial charge on any atom is 0.259 e. The van der Waals surface area contributed by atoms with Gasteiger partial charge < -0.3 is 18.8 Å². The molecule has 7 heteroatoms. The van der Waals surface area contributed by atoms with Gasteiger partial charge in [-0.3, -0.25) is 14.9 Å². The molecule has 1 N–H and O–H groups in total. The monoisotopic (exact) mass is 432 g/mol. The van der Waals surface area contributed by atoms with E-state index in [2.05, 4.69) is 5.32 Å². The van der Waals surface area contributed by atoms with Crippen LogP contribution in [0.2, 0.25) is 0 Å². The molecule has 2 amide bonds. The summed E-state index contributed by atoms with van der Waals surface area (Å²) in [4.78, 5) is 25.6. The number of aryl methyl sites for hydroxylation is 1. The van der Waals surface area contributed by atoms with Gasteiger partial charge in [0.05, 0.1) is 17.8 Å². The molecule has 5 rings (SSSR count). The van der Waals surface area contributed by atoms with Gasteiger partial charge in [-0.1, -0.05) is 30.3 Å². The van der Waals surface area contributed by atoms with Crippen molar-refractivity contribution >= 4 is 33.9 Å².